The lowest BCUT2D eigenvalue weighted by molar-refractivity contribution is 0.0529. The van der Waals surface area contributed by atoms with Gasteiger partial charge in [0.05, 0.1) is 11.1 Å². The largest absolute Gasteiger partial charge is 0.478 e. The minimum atomic E-state index is -1.20. The van der Waals surface area contributed by atoms with E-state index in [1.807, 2.05) is 0 Å². The third-order valence-electron chi connectivity index (χ3n) is 5.02. The first-order valence-electron chi connectivity index (χ1n) is 7.91. The molecule has 0 bridgehead atoms. The van der Waals surface area contributed by atoms with Crippen molar-refractivity contribution in [3.63, 3.8) is 0 Å². The summed E-state index contributed by atoms with van der Waals surface area (Å²) in [6.07, 6.45) is 3.09. The molecule has 1 N–H and O–H groups in total. The molecule has 3 rings (SSSR count). The zero-order valence-electron chi connectivity index (χ0n) is 13.2. The summed E-state index contributed by atoms with van der Waals surface area (Å²) in [6.45, 7) is 3.28. The van der Waals surface area contributed by atoms with Gasteiger partial charge in [-0.25, -0.2) is 9.18 Å². The fourth-order valence-electron chi connectivity index (χ4n) is 3.87. The van der Waals surface area contributed by atoms with Crippen LogP contribution in [0.2, 0.25) is 0 Å². The third kappa shape index (κ3) is 3.08. The lowest BCUT2D eigenvalue weighted by Gasteiger charge is -2.40. The normalized spacial score (nSPS) is 25.0. The van der Waals surface area contributed by atoms with Crippen molar-refractivity contribution in [1.82, 2.24) is 9.80 Å². The third-order valence-corrected chi connectivity index (χ3v) is 5.02. The Labute approximate surface area is 134 Å². The second kappa shape index (κ2) is 5.92. The number of carbonyl (C=O) groups excluding carboxylic acids is 1. The average Bonchev–Trinajstić information content (AvgIpc) is 2.86. The van der Waals surface area contributed by atoms with Crippen molar-refractivity contribution >= 4 is 11.9 Å². The van der Waals surface area contributed by atoms with E-state index in [-0.39, 0.29) is 22.4 Å². The smallest absolute Gasteiger partial charge is 0.335 e. The minimum absolute atomic E-state index is 0.0431. The van der Waals surface area contributed by atoms with Gasteiger partial charge < -0.3 is 14.9 Å². The summed E-state index contributed by atoms with van der Waals surface area (Å²) in [5, 5.41) is 8.89. The minimum Gasteiger partial charge on any atom is -0.478 e. The Morgan fingerprint density at radius 1 is 1.22 bits per heavy atom. The van der Waals surface area contributed by atoms with Crippen molar-refractivity contribution in [2.75, 3.05) is 33.2 Å². The van der Waals surface area contributed by atoms with Gasteiger partial charge in [0, 0.05) is 25.0 Å². The predicted molar refractivity (Wildman–Crippen MR) is 83.0 cm³/mol. The van der Waals surface area contributed by atoms with E-state index >= 15 is 0 Å². The molecule has 5 nitrogen and oxygen atoms in total. The van der Waals surface area contributed by atoms with Gasteiger partial charge in [-0.15, -0.1) is 0 Å². The van der Waals surface area contributed by atoms with E-state index in [2.05, 4.69) is 11.9 Å². The average molecular weight is 320 g/mol. The van der Waals surface area contributed by atoms with Gasteiger partial charge in [-0.05, 0) is 51.1 Å². The number of carboxylic acid groups (broad SMARTS) is 1. The lowest BCUT2D eigenvalue weighted by Crippen LogP contribution is -2.47. The number of carbonyl (C=O) groups is 2. The summed E-state index contributed by atoms with van der Waals surface area (Å²) in [6, 6.07) is 3.48. The van der Waals surface area contributed by atoms with Crippen molar-refractivity contribution in [2.24, 2.45) is 5.41 Å². The monoisotopic (exact) mass is 320 g/mol. The molecule has 2 aliphatic rings. The number of rotatable bonds is 2. The number of halogens is 1. The Morgan fingerprint density at radius 2 is 2.00 bits per heavy atom. The second-order valence-electron chi connectivity index (χ2n) is 6.82. The molecule has 1 spiro atoms. The molecule has 23 heavy (non-hydrogen) atoms. The van der Waals surface area contributed by atoms with Gasteiger partial charge in [-0.3, -0.25) is 4.79 Å². The van der Waals surface area contributed by atoms with Crippen LogP contribution in [0.4, 0.5) is 4.39 Å². The number of carboxylic acids is 1. The standard InChI is InChI=1S/C17H21FN2O3/c1-19-8-6-17(10-19)5-2-7-20(11-17)15(21)13-4-3-12(16(22)23)9-14(13)18/h3-4,9H,2,5-8,10-11H2,1H3,(H,22,23). The predicted octanol–water partition coefficient (Wildman–Crippen LogP) is 2.08. The van der Waals surface area contributed by atoms with Crippen LogP contribution in [0.5, 0.6) is 0 Å². The maximum Gasteiger partial charge on any atom is 0.335 e. The molecule has 0 aromatic heterocycles. The van der Waals surface area contributed by atoms with Crippen molar-refractivity contribution < 1.29 is 19.1 Å². The van der Waals surface area contributed by atoms with E-state index in [9.17, 15) is 14.0 Å². The molecule has 0 aliphatic carbocycles. The molecule has 2 heterocycles. The Balaban J connectivity index is 1.79. The van der Waals surface area contributed by atoms with Gasteiger partial charge in [-0.1, -0.05) is 0 Å². The molecule has 1 amide bonds. The van der Waals surface area contributed by atoms with Gasteiger partial charge in [0.25, 0.3) is 5.91 Å². The van der Waals surface area contributed by atoms with Crippen LogP contribution in [-0.2, 0) is 0 Å². The molecule has 6 heteroatoms. The highest BCUT2D eigenvalue weighted by molar-refractivity contribution is 5.96. The summed E-state index contributed by atoms with van der Waals surface area (Å²) in [4.78, 5) is 27.5. The maximum atomic E-state index is 14.1. The molecular weight excluding hydrogens is 299 g/mol. The number of hydrogen-bond acceptors (Lipinski definition) is 3. The Hall–Kier alpha value is -1.95. The highest BCUT2D eigenvalue weighted by atomic mass is 19.1. The zero-order valence-corrected chi connectivity index (χ0v) is 13.2. The summed E-state index contributed by atoms with van der Waals surface area (Å²) in [5.74, 6) is -2.31. The van der Waals surface area contributed by atoms with Crippen LogP contribution in [0.25, 0.3) is 0 Å². The highest BCUT2D eigenvalue weighted by Crippen LogP contribution is 2.38. The lowest BCUT2D eigenvalue weighted by atomic mass is 9.79. The molecule has 1 aromatic rings. The highest BCUT2D eigenvalue weighted by Gasteiger charge is 2.41. The fraction of sp³-hybridized carbons (Fsp3) is 0.529. The van der Waals surface area contributed by atoms with Crippen molar-refractivity contribution in [2.45, 2.75) is 19.3 Å². The van der Waals surface area contributed by atoms with E-state index in [1.165, 1.54) is 12.1 Å². The van der Waals surface area contributed by atoms with Gasteiger partial charge in [0.1, 0.15) is 5.82 Å². The molecule has 1 atom stereocenters. The number of amides is 1. The van der Waals surface area contributed by atoms with Gasteiger partial charge >= 0.3 is 5.97 Å². The Morgan fingerprint density at radius 3 is 2.61 bits per heavy atom. The van der Waals surface area contributed by atoms with Crippen molar-refractivity contribution in [3.8, 4) is 0 Å². The van der Waals surface area contributed by atoms with Crippen LogP contribution < -0.4 is 0 Å². The van der Waals surface area contributed by atoms with Crippen LogP contribution in [0.3, 0.4) is 0 Å². The number of aromatic carboxylic acids is 1. The van der Waals surface area contributed by atoms with Crippen LogP contribution in [0.1, 0.15) is 40.0 Å². The molecule has 2 fully saturated rings. The first kappa shape index (κ1) is 15.9. The Bertz CT molecular complexity index is 645. The maximum absolute atomic E-state index is 14.1. The first-order chi connectivity index (χ1) is 10.9. The summed E-state index contributed by atoms with van der Waals surface area (Å²) < 4.78 is 14.1. The zero-order chi connectivity index (χ0) is 16.6. The van der Waals surface area contributed by atoms with E-state index in [0.717, 1.165) is 38.4 Å². The molecule has 0 saturated carbocycles. The topological polar surface area (TPSA) is 60.9 Å². The van der Waals surface area contributed by atoms with Crippen LogP contribution in [-0.4, -0.2) is 60.0 Å². The van der Waals surface area contributed by atoms with E-state index < -0.39 is 11.8 Å². The number of hydrogen-bond donors (Lipinski definition) is 1. The van der Waals surface area contributed by atoms with E-state index in [4.69, 9.17) is 5.11 Å². The number of piperidine rings is 1. The summed E-state index contributed by atoms with van der Waals surface area (Å²) >= 11 is 0. The van der Waals surface area contributed by atoms with E-state index in [1.54, 1.807) is 4.90 Å². The SMILES string of the molecule is CN1CCC2(CCCN(C(=O)c3ccc(C(=O)O)cc3F)C2)C1. The molecule has 0 radical (unpaired) electrons. The van der Waals surface area contributed by atoms with Crippen molar-refractivity contribution in [1.29, 1.82) is 0 Å². The Kier molecular flexibility index (Phi) is 4.10. The fourth-order valence-corrected chi connectivity index (χ4v) is 3.87. The van der Waals surface area contributed by atoms with Gasteiger partial charge in [-0.2, -0.15) is 0 Å². The van der Waals surface area contributed by atoms with Crippen LogP contribution >= 0.6 is 0 Å². The number of likely N-dealkylation sites (tertiary alicyclic amines) is 2. The van der Waals surface area contributed by atoms with E-state index in [0.29, 0.717) is 13.1 Å². The molecule has 2 saturated heterocycles. The van der Waals surface area contributed by atoms with Gasteiger partial charge in [0.15, 0.2) is 0 Å². The molecule has 124 valence electrons. The number of benzene rings is 1. The molecule has 1 unspecified atom stereocenters. The van der Waals surface area contributed by atoms with Crippen LogP contribution in [0.15, 0.2) is 18.2 Å². The first-order valence-corrected chi connectivity index (χ1v) is 7.91. The van der Waals surface area contributed by atoms with Crippen LogP contribution in [0, 0.1) is 11.2 Å². The molecule has 1 aromatic carbocycles. The molecular formula is C17H21FN2O3. The van der Waals surface area contributed by atoms with Gasteiger partial charge in [0.2, 0.25) is 0 Å². The molecule has 2 aliphatic heterocycles. The summed E-state index contributed by atoms with van der Waals surface area (Å²) in [7, 11) is 2.08. The van der Waals surface area contributed by atoms with Crippen molar-refractivity contribution in [3.05, 3.63) is 35.1 Å². The quantitative estimate of drug-likeness (QED) is 0.906. The second-order valence-corrected chi connectivity index (χ2v) is 6.82. The number of nitrogens with zero attached hydrogens (tertiary/aromatic N) is 2. The summed E-state index contributed by atoms with van der Waals surface area (Å²) in [5.41, 5.74) is -0.0647.